The zero-order valence-corrected chi connectivity index (χ0v) is 16.8. The van der Waals surface area contributed by atoms with Gasteiger partial charge < -0.3 is 14.9 Å². The Hall–Kier alpha value is -3.26. The van der Waals surface area contributed by atoms with E-state index in [4.69, 9.17) is 0 Å². The van der Waals surface area contributed by atoms with Gasteiger partial charge in [0.1, 0.15) is 5.60 Å². The largest absolute Gasteiger partial charge is 0.380 e. The van der Waals surface area contributed by atoms with E-state index >= 15 is 0 Å². The summed E-state index contributed by atoms with van der Waals surface area (Å²) in [5, 5.41) is 15.3. The van der Waals surface area contributed by atoms with Gasteiger partial charge in [0.15, 0.2) is 0 Å². The number of amides is 2. The van der Waals surface area contributed by atoms with Crippen LogP contribution in [-0.2, 0) is 11.8 Å². The second kappa shape index (κ2) is 6.91. The Morgan fingerprint density at radius 2 is 1.73 bits per heavy atom. The molecule has 0 unspecified atom stereocenters. The zero-order chi connectivity index (χ0) is 20.9. The molecule has 8 nitrogen and oxygen atoms in total. The van der Waals surface area contributed by atoms with E-state index in [-0.39, 0.29) is 11.8 Å². The SMILES string of the molecule is Cn1ncc2cc(-c3ccc(C(=O)N4CCN(C(=O)C5(O)CC5)CC4)cn3)ccc21. The van der Waals surface area contributed by atoms with Crippen molar-refractivity contribution in [3.63, 3.8) is 0 Å². The summed E-state index contributed by atoms with van der Waals surface area (Å²) in [6.07, 6.45) is 4.51. The van der Waals surface area contributed by atoms with E-state index in [1.165, 1.54) is 0 Å². The molecule has 2 aliphatic rings. The van der Waals surface area contributed by atoms with E-state index in [2.05, 4.69) is 10.1 Å². The third-order valence-electron chi connectivity index (χ3n) is 6.03. The molecule has 30 heavy (non-hydrogen) atoms. The van der Waals surface area contributed by atoms with Crippen molar-refractivity contribution in [1.29, 1.82) is 0 Å². The topological polar surface area (TPSA) is 91.6 Å². The number of carbonyl (C=O) groups is 2. The monoisotopic (exact) mass is 405 g/mol. The van der Waals surface area contributed by atoms with E-state index in [9.17, 15) is 14.7 Å². The molecule has 0 spiro atoms. The summed E-state index contributed by atoms with van der Waals surface area (Å²) in [6, 6.07) is 9.70. The lowest BCUT2D eigenvalue weighted by Crippen LogP contribution is -2.53. The number of aryl methyl sites for hydroxylation is 1. The van der Waals surface area contributed by atoms with E-state index in [0.29, 0.717) is 44.6 Å². The van der Waals surface area contributed by atoms with Crippen molar-refractivity contribution in [3.05, 3.63) is 48.3 Å². The summed E-state index contributed by atoms with van der Waals surface area (Å²) < 4.78 is 1.83. The summed E-state index contributed by atoms with van der Waals surface area (Å²) >= 11 is 0. The molecule has 1 aromatic carbocycles. The average molecular weight is 405 g/mol. The molecular weight excluding hydrogens is 382 g/mol. The van der Waals surface area contributed by atoms with Crippen LogP contribution in [0.4, 0.5) is 0 Å². The highest BCUT2D eigenvalue weighted by Crippen LogP contribution is 2.37. The van der Waals surface area contributed by atoms with Crippen molar-refractivity contribution in [2.45, 2.75) is 18.4 Å². The molecule has 2 amide bonds. The first kappa shape index (κ1) is 18.7. The molecule has 1 aliphatic heterocycles. The van der Waals surface area contributed by atoms with Crippen molar-refractivity contribution < 1.29 is 14.7 Å². The standard InChI is InChI=1S/C22H23N5O3/c1-25-19-5-3-15(12-17(19)14-24-25)18-4-2-16(13-23-18)20(28)26-8-10-27(11-9-26)21(29)22(30)6-7-22/h2-5,12-14,30H,6-11H2,1H3. The van der Waals surface area contributed by atoms with E-state index in [0.717, 1.165) is 22.2 Å². The predicted octanol–water partition coefficient (Wildman–Crippen LogP) is 1.44. The summed E-state index contributed by atoms with van der Waals surface area (Å²) in [5.41, 5.74) is 2.20. The number of pyridine rings is 1. The fraction of sp³-hybridized carbons (Fsp3) is 0.364. The summed E-state index contributed by atoms with van der Waals surface area (Å²) in [5.74, 6) is -0.291. The Bertz CT molecular complexity index is 1130. The summed E-state index contributed by atoms with van der Waals surface area (Å²) in [6.45, 7) is 1.81. The van der Waals surface area contributed by atoms with Crippen LogP contribution in [-0.4, -0.2) is 73.3 Å². The predicted molar refractivity (Wildman–Crippen MR) is 111 cm³/mol. The number of nitrogens with zero attached hydrogens (tertiary/aromatic N) is 5. The fourth-order valence-corrected chi connectivity index (χ4v) is 3.94. The van der Waals surface area contributed by atoms with Gasteiger partial charge in [-0.1, -0.05) is 6.07 Å². The van der Waals surface area contributed by atoms with Crippen LogP contribution in [0.25, 0.3) is 22.2 Å². The average Bonchev–Trinajstić information content (AvgIpc) is 3.44. The van der Waals surface area contributed by atoms with Gasteiger partial charge in [0.25, 0.3) is 11.8 Å². The minimum Gasteiger partial charge on any atom is -0.380 e. The molecular formula is C22H23N5O3. The van der Waals surface area contributed by atoms with Crippen LogP contribution in [0.15, 0.2) is 42.7 Å². The number of aliphatic hydroxyl groups is 1. The first-order valence-electron chi connectivity index (χ1n) is 10.1. The highest BCUT2D eigenvalue weighted by molar-refractivity contribution is 5.95. The number of piperazine rings is 1. The number of benzene rings is 1. The van der Waals surface area contributed by atoms with Crippen molar-refractivity contribution >= 4 is 22.7 Å². The van der Waals surface area contributed by atoms with Crippen molar-refractivity contribution in [2.75, 3.05) is 26.2 Å². The van der Waals surface area contributed by atoms with Gasteiger partial charge in [0.2, 0.25) is 0 Å². The molecule has 3 aromatic rings. The molecule has 1 saturated carbocycles. The van der Waals surface area contributed by atoms with Gasteiger partial charge in [-0.15, -0.1) is 0 Å². The van der Waals surface area contributed by atoms with Gasteiger partial charge in [-0.2, -0.15) is 5.10 Å². The maximum absolute atomic E-state index is 12.8. The van der Waals surface area contributed by atoms with Crippen molar-refractivity contribution in [1.82, 2.24) is 24.6 Å². The Labute approximate surface area is 173 Å². The van der Waals surface area contributed by atoms with Crippen LogP contribution in [0, 0.1) is 0 Å². The Kier molecular flexibility index (Phi) is 4.32. The third-order valence-corrected chi connectivity index (χ3v) is 6.03. The Balaban J connectivity index is 1.26. The number of rotatable bonds is 3. The minimum atomic E-state index is -1.15. The molecule has 154 valence electrons. The van der Waals surface area contributed by atoms with Gasteiger partial charge in [-0.05, 0) is 37.1 Å². The summed E-state index contributed by atoms with van der Waals surface area (Å²) in [7, 11) is 1.91. The lowest BCUT2D eigenvalue weighted by molar-refractivity contribution is -0.143. The zero-order valence-electron chi connectivity index (χ0n) is 16.8. The second-order valence-corrected chi connectivity index (χ2v) is 8.09. The molecule has 5 rings (SSSR count). The second-order valence-electron chi connectivity index (χ2n) is 8.09. The number of fused-ring (bicyclic) bond motifs is 1. The molecule has 1 N–H and O–H groups in total. The van der Waals surface area contributed by atoms with Crippen LogP contribution in [0.2, 0.25) is 0 Å². The number of aromatic nitrogens is 3. The Morgan fingerprint density at radius 3 is 2.40 bits per heavy atom. The molecule has 0 radical (unpaired) electrons. The van der Waals surface area contributed by atoms with Gasteiger partial charge in [0, 0.05) is 50.4 Å². The molecule has 2 aromatic heterocycles. The van der Waals surface area contributed by atoms with E-state index in [1.807, 2.05) is 42.2 Å². The van der Waals surface area contributed by atoms with Crippen molar-refractivity contribution in [3.8, 4) is 11.3 Å². The lowest BCUT2D eigenvalue weighted by atomic mass is 10.1. The van der Waals surface area contributed by atoms with Crippen molar-refractivity contribution in [2.24, 2.45) is 7.05 Å². The molecule has 0 atom stereocenters. The van der Waals surface area contributed by atoms with Crippen LogP contribution < -0.4 is 0 Å². The van der Waals surface area contributed by atoms with Gasteiger partial charge >= 0.3 is 0 Å². The van der Waals surface area contributed by atoms with E-state index < -0.39 is 5.60 Å². The molecule has 3 heterocycles. The highest BCUT2D eigenvalue weighted by atomic mass is 16.3. The van der Waals surface area contributed by atoms with Crippen LogP contribution in [0.1, 0.15) is 23.2 Å². The molecule has 8 heteroatoms. The third kappa shape index (κ3) is 3.23. The van der Waals surface area contributed by atoms with Crippen LogP contribution in [0.5, 0.6) is 0 Å². The summed E-state index contributed by atoms with van der Waals surface area (Å²) in [4.78, 5) is 33.0. The maximum Gasteiger partial charge on any atom is 0.255 e. The normalized spacial score (nSPS) is 17.9. The molecule has 0 bridgehead atoms. The number of hydrogen-bond acceptors (Lipinski definition) is 5. The van der Waals surface area contributed by atoms with Crippen LogP contribution >= 0.6 is 0 Å². The first-order chi connectivity index (χ1) is 14.4. The molecule has 2 fully saturated rings. The minimum absolute atomic E-state index is 0.0889. The molecule has 1 saturated heterocycles. The number of hydrogen-bond donors (Lipinski definition) is 1. The van der Waals surface area contributed by atoms with Gasteiger partial charge in [-0.3, -0.25) is 19.3 Å². The smallest absolute Gasteiger partial charge is 0.255 e. The molecule has 1 aliphatic carbocycles. The van der Waals surface area contributed by atoms with E-state index in [1.54, 1.807) is 22.1 Å². The maximum atomic E-state index is 12.8. The Morgan fingerprint density at radius 1 is 1.00 bits per heavy atom. The highest BCUT2D eigenvalue weighted by Gasteiger charge is 2.50. The lowest BCUT2D eigenvalue weighted by Gasteiger charge is -2.35. The van der Waals surface area contributed by atoms with Crippen LogP contribution in [0.3, 0.4) is 0 Å². The van der Waals surface area contributed by atoms with Gasteiger partial charge in [0.05, 0.1) is 23.0 Å². The van der Waals surface area contributed by atoms with Gasteiger partial charge in [-0.25, -0.2) is 0 Å². The first-order valence-corrected chi connectivity index (χ1v) is 10.1. The number of carbonyl (C=O) groups excluding carboxylic acids is 2. The quantitative estimate of drug-likeness (QED) is 0.712. The fourth-order valence-electron chi connectivity index (χ4n) is 3.94.